The van der Waals surface area contributed by atoms with E-state index < -0.39 is 17.3 Å². The van der Waals surface area contributed by atoms with E-state index in [-0.39, 0.29) is 11.3 Å². The van der Waals surface area contributed by atoms with Crippen LogP contribution in [0.3, 0.4) is 0 Å². The summed E-state index contributed by atoms with van der Waals surface area (Å²) < 4.78 is 0. The Kier molecular flexibility index (Phi) is 1.81. The van der Waals surface area contributed by atoms with Crippen LogP contribution in [0, 0.1) is 0 Å². The van der Waals surface area contributed by atoms with E-state index in [9.17, 15) is 9.59 Å². The van der Waals surface area contributed by atoms with E-state index >= 15 is 0 Å². The number of hydrogen-bond acceptors (Lipinski definition) is 4. The fourth-order valence-electron chi connectivity index (χ4n) is 1.33. The number of hydrogen-bond donors (Lipinski definition) is 2. The predicted molar refractivity (Wildman–Crippen MR) is 46.8 cm³/mol. The van der Waals surface area contributed by atoms with Gasteiger partial charge in [0.15, 0.2) is 0 Å². The highest BCUT2D eigenvalue weighted by molar-refractivity contribution is 8.01. The van der Waals surface area contributed by atoms with E-state index in [1.54, 1.807) is 0 Å². The highest BCUT2D eigenvalue weighted by atomic mass is 32.2. The van der Waals surface area contributed by atoms with Gasteiger partial charge in [-0.3, -0.25) is 9.59 Å². The maximum atomic E-state index is 11.1. The standard InChI is InChI=1S/C7H8N2O3S/c8-4-5(10)9-2-1-3(7(11)12)13-6(4)9/h1-4,6H,8H2,(H,11,12)/t3?,4?,6-/m0/s1. The summed E-state index contributed by atoms with van der Waals surface area (Å²) >= 11 is 1.19. The largest absolute Gasteiger partial charge is 0.480 e. The van der Waals surface area contributed by atoms with Crippen LogP contribution < -0.4 is 5.73 Å². The van der Waals surface area contributed by atoms with Crippen molar-refractivity contribution in [2.75, 3.05) is 0 Å². The summed E-state index contributed by atoms with van der Waals surface area (Å²) in [7, 11) is 0. The fraction of sp³-hybridized carbons (Fsp3) is 0.429. The van der Waals surface area contributed by atoms with Crippen LogP contribution >= 0.6 is 11.8 Å². The number of thioether (sulfide) groups is 1. The van der Waals surface area contributed by atoms with Gasteiger partial charge in [-0.1, -0.05) is 0 Å². The number of rotatable bonds is 1. The van der Waals surface area contributed by atoms with Gasteiger partial charge >= 0.3 is 5.97 Å². The van der Waals surface area contributed by atoms with Crippen LogP contribution in [0.25, 0.3) is 0 Å². The highest BCUT2D eigenvalue weighted by Gasteiger charge is 2.47. The van der Waals surface area contributed by atoms with Crippen molar-refractivity contribution in [1.29, 1.82) is 0 Å². The highest BCUT2D eigenvalue weighted by Crippen LogP contribution is 2.36. The summed E-state index contributed by atoms with van der Waals surface area (Å²) in [6.07, 6.45) is 3.00. The number of nitrogens with two attached hydrogens (primary N) is 1. The second-order valence-electron chi connectivity index (χ2n) is 2.90. The summed E-state index contributed by atoms with van der Waals surface area (Å²) in [5.74, 6) is -1.04. The Morgan fingerprint density at radius 3 is 3.00 bits per heavy atom. The van der Waals surface area contributed by atoms with Gasteiger partial charge in [-0.25, -0.2) is 0 Å². The van der Waals surface area contributed by atoms with Crippen LogP contribution in [0.5, 0.6) is 0 Å². The van der Waals surface area contributed by atoms with E-state index in [0.717, 1.165) is 0 Å². The molecule has 0 radical (unpaired) electrons. The van der Waals surface area contributed by atoms with Crippen molar-refractivity contribution in [3.63, 3.8) is 0 Å². The Bertz CT molecular complexity index is 304. The molecule has 1 amide bonds. The summed E-state index contributed by atoms with van der Waals surface area (Å²) in [4.78, 5) is 23.1. The van der Waals surface area contributed by atoms with Crippen molar-refractivity contribution in [1.82, 2.24) is 4.90 Å². The molecule has 1 fully saturated rings. The number of carbonyl (C=O) groups excluding carboxylic acids is 1. The Morgan fingerprint density at radius 2 is 2.38 bits per heavy atom. The Balaban J connectivity index is 2.14. The molecule has 0 aliphatic carbocycles. The molecule has 0 spiro atoms. The SMILES string of the molecule is NC1C(=O)N2C=CC(C(=O)O)S[C@@H]12. The number of carbonyl (C=O) groups is 2. The van der Waals surface area contributed by atoms with Crippen molar-refractivity contribution in [2.45, 2.75) is 16.7 Å². The average molecular weight is 200 g/mol. The van der Waals surface area contributed by atoms with Crippen LogP contribution in [0.1, 0.15) is 0 Å². The van der Waals surface area contributed by atoms with Crippen LogP contribution in [-0.2, 0) is 9.59 Å². The molecule has 0 aromatic heterocycles. The monoisotopic (exact) mass is 200 g/mol. The van der Waals surface area contributed by atoms with Gasteiger partial charge in [0, 0.05) is 6.20 Å². The first-order valence-electron chi connectivity index (χ1n) is 3.75. The fourth-order valence-corrected chi connectivity index (χ4v) is 2.49. The number of nitrogens with zero attached hydrogens (tertiary/aromatic N) is 1. The van der Waals surface area contributed by atoms with E-state index in [1.165, 1.54) is 28.9 Å². The number of carboxylic acids is 1. The second kappa shape index (κ2) is 2.74. The third-order valence-electron chi connectivity index (χ3n) is 2.07. The zero-order valence-electron chi connectivity index (χ0n) is 6.58. The number of carboxylic acid groups (broad SMARTS) is 1. The molecule has 2 unspecified atom stereocenters. The molecule has 0 aromatic rings. The van der Waals surface area contributed by atoms with Gasteiger partial charge in [-0.15, -0.1) is 11.8 Å². The molecule has 2 heterocycles. The number of fused-ring (bicyclic) bond motifs is 1. The third kappa shape index (κ3) is 1.13. The maximum Gasteiger partial charge on any atom is 0.320 e. The number of aliphatic carboxylic acids is 1. The molecule has 2 aliphatic rings. The van der Waals surface area contributed by atoms with Crippen LogP contribution in [-0.4, -0.2) is 38.5 Å². The number of amides is 1. The minimum absolute atomic E-state index is 0.141. The summed E-state index contributed by atoms with van der Waals surface area (Å²) in [5, 5.41) is 7.92. The first-order valence-corrected chi connectivity index (χ1v) is 4.70. The molecular formula is C7H8N2O3S. The summed E-state index contributed by atoms with van der Waals surface area (Å²) in [6.45, 7) is 0. The summed E-state index contributed by atoms with van der Waals surface area (Å²) in [6, 6.07) is -0.545. The smallest absolute Gasteiger partial charge is 0.320 e. The molecule has 3 atom stereocenters. The lowest BCUT2D eigenvalue weighted by Crippen LogP contribution is -2.66. The molecule has 2 rings (SSSR count). The van der Waals surface area contributed by atoms with Crippen molar-refractivity contribution >= 4 is 23.6 Å². The molecule has 1 saturated heterocycles. The van der Waals surface area contributed by atoms with E-state index in [2.05, 4.69) is 0 Å². The average Bonchev–Trinajstić information content (AvgIpc) is 2.15. The van der Waals surface area contributed by atoms with Crippen molar-refractivity contribution in [2.24, 2.45) is 5.73 Å². The lowest BCUT2D eigenvalue weighted by atomic mass is 10.1. The molecular weight excluding hydrogens is 192 g/mol. The van der Waals surface area contributed by atoms with Crippen LogP contribution in [0.2, 0.25) is 0 Å². The van der Waals surface area contributed by atoms with E-state index in [4.69, 9.17) is 10.8 Å². The quantitative estimate of drug-likeness (QED) is 0.541. The van der Waals surface area contributed by atoms with Crippen molar-refractivity contribution < 1.29 is 14.7 Å². The van der Waals surface area contributed by atoms with Gasteiger partial charge in [0.25, 0.3) is 0 Å². The zero-order valence-corrected chi connectivity index (χ0v) is 7.40. The van der Waals surface area contributed by atoms with Gasteiger partial charge in [0.1, 0.15) is 16.7 Å². The minimum Gasteiger partial charge on any atom is -0.480 e. The lowest BCUT2D eigenvalue weighted by Gasteiger charge is -2.45. The maximum absolute atomic E-state index is 11.1. The number of β-lactam (4-membered cyclic amide) rings is 1. The topological polar surface area (TPSA) is 83.6 Å². The minimum atomic E-state index is -0.896. The molecule has 0 aromatic carbocycles. The first kappa shape index (κ1) is 8.58. The summed E-state index contributed by atoms with van der Waals surface area (Å²) in [5.41, 5.74) is 5.50. The Labute approximate surface area is 78.6 Å². The van der Waals surface area contributed by atoms with E-state index in [0.29, 0.717) is 0 Å². The zero-order chi connectivity index (χ0) is 9.59. The first-order chi connectivity index (χ1) is 6.11. The van der Waals surface area contributed by atoms with Gasteiger partial charge < -0.3 is 15.7 Å². The van der Waals surface area contributed by atoms with Gasteiger partial charge in [-0.05, 0) is 6.08 Å². The molecule has 2 aliphatic heterocycles. The van der Waals surface area contributed by atoms with Crippen LogP contribution in [0.4, 0.5) is 0 Å². The van der Waals surface area contributed by atoms with Crippen molar-refractivity contribution in [3.05, 3.63) is 12.3 Å². The molecule has 6 heteroatoms. The van der Waals surface area contributed by atoms with Crippen LogP contribution in [0.15, 0.2) is 12.3 Å². The Hall–Kier alpha value is -1.01. The molecule has 70 valence electrons. The molecule has 13 heavy (non-hydrogen) atoms. The third-order valence-corrected chi connectivity index (χ3v) is 3.52. The normalized spacial score (nSPS) is 36.8. The van der Waals surface area contributed by atoms with Crippen molar-refractivity contribution in [3.8, 4) is 0 Å². The second-order valence-corrected chi connectivity index (χ2v) is 4.16. The van der Waals surface area contributed by atoms with E-state index in [1.807, 2.05) is 0 Å². The lowest BCUT2D eigenvalue weighted by molar-refractivity contribution is -0.141. The van der Waals surface area contributed by atoms with Gasteiger partial charge in [0.2, 0.25) is 5.91 Å². The molecule has 0 bridgehead atoms. The van der Waals surface area contributed by atoms with Gasteiger partial charge in [-0.2, -0.15) is 0 Å². The molecule has 0 saturated carbocycles. The predicted octanol–water partition coefficient (Wildman–Crippen LogP) is -0.804. The van der Waals surface area contributed by atoms with Gasteiger partial charge in [0.05, 0.1) is 0 Å². The molecule has 5 nitrogen and oxygen atoms in total. The Morgan fingerprint density at radius 1 is 1.69 bits per heavy atom. The molecule has 3 N–H and O–H groups in total.